The van der Waals surface area contributed by atoms with Gasteiger partial charge in [-0.05, 0) is 42.8 Å². The van der Waals surface area contributed by atoms with Gasteiger partial charge in [0.15, 0.2) is 0 Å². The summed E-state index contributed by atoms with van der Waals surface area (Å²) in [5, 5.41) is 6.75. The minimum atomic E-state index is -3.42. The first-order valence-electron chi connectivity index (χ1n) is 7.85. The number of para-hydroxylation sites is 2. The van der Waals surface area contributed by atoms with Gasteiger partial charge in [-0.3, -0.25) is 10.2 Å². The molecule has 6 heteroatoms. The zero-order valence-corrected chi connectivity index (χ0v) is 15.1. The quantitative estimate of drug-likeness (QED) is 0.517. The van der Waals surface area contributed by atoms with Crippen molar-refractivity contribution in [1.29, 1.82) is 0 Å². The van der Waals surface area contributed by atoms with Gasteiger partial charge < -0.3 is 4.52 Å². The fourth-order valence-electron chi connectivity index (χ4n) is 2.84. The maximum atomic E-state index is 13.5. The molecule has 0 radical (unpaired) electrons. The second kappa shape index (κ2) is 6.14. The number of benzene rings is 3. The van der Waals surface area contributed by atoms with Gasteiger partial charge in [-0.1, -0.05) is 48.0 Å². The lowest BCUT2D eigenvalue weighted by Crippen LogP contribution is -2.10. The van der Waals surface area contributed by atoms with Crippen molar-refractivity contribution < 1.29 is 9.09 Å². The van der Waals surface area contributed by atoms with E-state index in [-0.39, 0.29) is 0 Å². The Balaban J connectivity index is 1.79. The number of rotatable bonds is 2. The van der Waals surface area contributed by atoms with E-state index in [0.717, 1.165) is 28.1 Å². The first kappa shape index (κ1) is 16.1. The van der Waals surface area contributed by atoms with E-state index in [1.807, 2.05) is 55.5 Å². The largest absolute Gasteiger partial charge is 0.444 e. The lowest BCUT2D eigenvalue weighted by molar-refractivity contribution is 0.493. The smallest absolute Gasteiger partial charge is 0.414 e. The Kier molecular flexibility index (Phi) is 3.95. The maximum Gasteiger partial charge on any atom is 0.444 e. The van der Waals surface area contributed by atoms with Gasteiger partial charge in [-0.15, -0.1) is 0 Å². The van der Waals surface area contributed by atoms with E-state index < -0.39 is 7.67 Å². The second-order valence-corrected chi connectivity index (χ2v) is 8.01. The Labute approximate surface area is 151 Å². The minimum Gasteiger partial charge on any atom is -0.414 e. The van der Waals surface area contributed by atoms with Crippen LogP contribution < -0.4 is 14.7 Å². The number of anilines is 2. The van der Waals surface area contributed by atoms with Crippen LogP contribution >= 0.6 is 19.3 Å². The normalized spacial score (nSPS) is 14.3. The number of nitrogens with one attached hydrogen (secondary N) is 2. The van der Waals surface area contributed by atoms with E-state index in [0.29, 0.717) is 10.8 Å². The molecule has 3 aromatic rings. The Hall–Kier alpha value is -2.42. The molecule has 2 N–H and O–H groups in total. The molecular formula is C19H16ClN2O2P. The predicted octanol–water partition coefficient (Wildman–Crippen LogP) is 6.34. The van der Waals surface area contributed by atoms with E-state index in [9.17, 15) is 4.57 Å². The molecule has 1 aliphatic rings. The van der Waals surface area contributed by atoms with Gasteiger partial charge in [0.25, 0.3) is 0 Å². The van der Waals surface area contributed by atoms with Crippen molar-refractivity contribution >= 4 is 30.6 Å². The fourth-order valence-corrected chi connectivity index (χ4v) is 4.54. The maximum absolute atomic E-state index is 13.5. The van der Waals surface area contributed by atoms with Crippen LogP contribution in [-0.4, -0.2) is 0 Å². The number of hydrogen-bond donors (Lipinski definition) is 2. The molecule has 0 amide bonds. The third-order valence-electron chi connectivity index (χ3n) is 4.04. The van der Waals surface area contributed by atoms with E-state index in [1.165, 1.54) is 0 Å². The van der Waals surface area contributed by atoms with Crippen LogP contribution in [0.2, 0.25) is 5.02 Å². The fraction of sp³-hybridized carbons (Fsp3) is 0.0526. The molecular weight excluding hydrogens is 355 g/mol. The average molecular weight is 371 g/mol. The van der Waals surface area contributed by atoms with Crippen LogP contribution in [0.4, 0.5) is 11.4 Å². The Morgan fingerprint density at radius 1 is 0.880 bits per heavy atom. The van der Waals surface area contributed by atoms with E-state index in [2.05, 4.69) is 10.2 Å². The lowest BCUT2D eigenvalue weighted by atomic mass is 10.0. The van der Waals surface area contributed by atoms with Crippen molar-refractivity contribution in [2.24, 2.45) is 0 Å². The molecule has 0 atom stereocenters. The van der Waals surface area contributed by atoms with Crippen LogP contribution in [0.5, 0.6) is 5.75 Å². The molecule has 0 unspecified atom stereocenters. The van der Waals surface area contributed by atoms with Crippen molar-refractivity contribution in [2.45, 2.75) is 6.92 Å². The minimum absolute atomic E-state index is 0.488. The SMILES string of the molecule is Cc1cc(OP2(=O)Nc3ccccc3-c3ccccc3N2)ccc1Cl. The molecule has 0 bridgehead atoms. The molecule has 0 aliphatic carbocycles. The van der Waals surface area contributed by atoms with E-state index >= 15 is 0 Å². The van der Waals surface area contributed by atoms with Gasteiger partial charge in [0.1, 0.15) is 5.75 Å². The van der Waals surface area contributed by atoms with Crippen LogP contribution in [-0.2, 0) is 4.57 Å². The van der Waals surface area contributed by atoms with Crippen molar-refractivity contribution in [3.05, 3.63) is 77.3 Å². The molecule has 4 nitrogen and oxygen atoms in total. The summed E-state index contributed by atoms with van der Waals surface area (Å²) in [5.41, 5.74) is 4.32. The summed E-state index contributed by atoms with van der Waals surface area (Å²) in [4.78, 5) is 0. The van der Waals surface area contributed by atoms with Crippen molar-refractivity contribution in [3.8, 4) is 16.9 Å². The number of aryl methyl sites for hydroxylation is 1. The highest BCUT2D eigenvalue weighted by atomic mass is 35.5. The number of halogens is 1. The molecule has 25 heavy (non-hydrogen) atoms. The second-order valence-electron chi connectivity index (χ2n) is 5.87. The Morgan fingerprint density at radius 3 is 2.00 bits per heavy atom. The lowest BCUT2D eigenvalue weighted by Gasteiger charge is -2.21. The first-order valence-corrected chi connectivity index (χ1v) is 9.85. The van der Waals surface area contributed by atoms with Crippen molar-refractivity contribution in [3.63, 3.8) is 0 Å². The summed E-state index contributed by atoms with van der Waals surface area (Å²) in [5.74, 6) is 0.488. The topological polar surface area (TPSA) is 50.4 Å². The molecule has 0 spiro atoms. The van der Waals surface area contributed by atoms with E-state index in [4.69, 9.17) is 16.1 Å². The highest BCUT2D eigenvalue weighted by Crippen LogP contribution is 2.53. The molecule has 1 heterocycles. The zero-order chi connectivity index (χ0) is 17.4. The first-order chi connectivity index (χ1) is 12.0. The highest BCUT2D eigenvalue weighted by molar-refractivity contribution is 7.62. The third-order valence-corrected chi connectivity index (χ3v) is 6.01. The summed E-state index contributed by atoms with van der Waals surface area (Å²) < 4.78 is 19.3. The molecule has 3 aromatic carbocycles. The van der Waals surface area contributed by atoms with E-state index in [1.54, 1.807) is 18.2 Å². The Morgan fingerprint density at radius 2 is 1.44 bits per heavy atom. The van der Waals surface area contributed by atoms with Crippen LogP contribution in [0.25, 0.3) is 11.1 Å². The van der Waals surface area contributed by atoms with Gasteiger partial charge in [0.2, 0.25) is 0 Å². The van der Waals surface area contributed by atoms with Gasteiger partial charge >= 0.3 is 7.67 Å². The summed E-state index contributed by atoms with van der Waals surface area (Å²) in [7, 11) is -3.42. The molecule has 0 saturated heterocycles. The van der Waals surface area contributed by atoms with Gasteiger partial charge in [-0.25, -0.2) is 4.57 Å². The van der Waals surface area contributed by atoms with Gasteiger partial charge in [0, 0.05) is 16.1 Å². The van der Waals surface area contributed by atoms with Crippen molar-refractivity contribution in [1.82, 2.24) is 0 Å². The molecule has 0 saturated carbocycles. The summed E-state index contributed by atoms with van der Waals surface area (Å²) in [6, 6.07) is 20.7. The molecule has 0 fully saturated rings. The molecule has 1 aliphatic heterocycles. The summed E-state index contributed by atoms with van der Waals surface area (Å²) in [6.45, 7) is 1.88. The van der Waals surface area contributed by atoms with Gasteiger partial charge in [-0.2, -0.15) is 0 Å². The monoisotopic (exact) mass is 370 g/mol. The van der Waals surface area contributed by atoms with Crippen LogP contribution in [0, 0.1) is 6.92 Å². The van der Waals surface area contributed by atoms with Crippen molar-refractivity contribution in [2.75, 3.05) is 10.2 Å². The van der Waals surface area contributed by atoms with Crippen LogP contribution in [0.3, 0.4) is 0 Å². The zero-order valence-electron chi connectivity index (χ0n) is 13.5. The van der Waals surface area contributed by atoms with Gasteiger partial charge in [0.05, 0.1) is 11.4 Å². The summed E-state index contributed by atoms with van der Waals surface area (Å²) >= 11 is 6.06. The molecule has 4 rings (SSSR count). The third kappa shape index (κ3) is 3.11. The number of fused-ring (bicyclic) bond motifs is 3. The Bertz CT molecular complexity index is 955. The molecule has 0 aromatic heterocycles. The number of hydrogen-bond acceptors (Lipinski definition) is 2. The highest BCUT2D eigenvalue weighted by Gasteiger charge is 2.31. The molecule has 126 valence electrons. The standard InChI is InChI=1S/C19H16ClN2O2P/c1-13-12-14(10-11-17(13)20)24-25(23)21-18-8-4-2-6-15(18)16-7-3-5-9-19(16)22-25/h2-12H,1H3,(H2,21,22,23). The van der Waals surface area contributed by atoms with Crippen LogP contribution in [0.15, 0.2) is 66.7 Å². The predicted molar refractivity (Wildman–Crippen MR) is 104 cm³/mol. The van der Waals surface area contributed by atoms with Crippen LogP contribution in [0.1, 0.15) is 5.56 Å². The summed E-state index contributed by atoms with van der Waals surface area (Å²) in [6.07, 6.45) is 0. The average Bonchev–Trinajstić information content (AvgIpc) is 2.71.